The maximum atomic E-state index is 13.9. The molecule has 2 N–H and O–H groups in total. The lowest BCUT2D eigenvalue weighted by atomic mass is 9.93. The molecule has 0 spiro atoms. The Kier molecular flexibility index (Phi) is 8.03. The van der Waals surface area contributed by atoms with Crippen LogP contribution in [0, 0.1) is 13.8 Å². The molecule has 0 saturated heterocycles. The number of hydrogen-bond donors (Lipinski definition) is 2. The second kappa shape index (κ2) is 11.6. The molecule has 4 aromatic rings. The zero-order valence-electron chi connectivity index (χ0n) is 23.3. The van der Waals surface area contributed by atoms with Crippen molar-refractivity contribution in [3.63, 3.8) is 0 Å². The van der Waals surface area contributed by atoms with Gasteiger partial charge in [-0.1, -0.05) is 61.7 Å². The minimum absolute atomic E-state index is 0.143. The molecule has 7 nitrogen and oxygen atoms in total. The average Bonchev–Trinajstić information content (AvgIpc) is 3.48. The maximum Gasteiger partial charge on any atom is 0.273 e. The molecular weight excluding hydrogens is 526 g/mol. The number of amides is 1. The lowest BCUT2D eigenvalue weighted by Crippen LogP contribution is -2.29. The van der Waals surface area contributed by atoms with Crippen molar-refractivity contribution < 1.29 is 19.4 Å². The summed E-state index contributed by atoms with van der Waals surface area (Å²) in [5.74, 6) is 1.20. The van der Waals surface area contributed by atoms with Crippen molar-refractivity contribution in [2.45, 2.75) is 52.6 Å². The molecule has 208 valence electrons. The average molecular weight is 560 g/mol. The van der Waals surface area contributed by atoms with Gasteiger partial charge >= 0.3 is 0 Å². The molecular formula is C32H34ClN3O4. The van der Waals surface area contributed by atoms with Crippen LogP contribution in [0.3, 0.4) is 0 Å². The standard InChI is InChI=1S/C32H34ClN3O4/c1-5-6-9-14-40-25-13-12-21(17-26(25)39-4)30-27-28(23-16-19(2)15-20(3)31(23)37)34-35-29(27)32(38)36(30)18-22-10-7-8-11-24(22)33/h7-8,10-13,15-17,30,37H,5-6,9,14,18H2,1-4H3,(H,34,35). The first-order valence-corrected chi connectivity index (χ1v) is 14.0. The highest BCUT2D eigenvalue weighted by Gasteiger charge is 2.43. The Hall–Kier alpha value is -3.97. The number of methoxy groups -OCH3 is 1. The molecule has 0 saturated carbocycles. The van der Waals surface area contributed by atoms with Crippen molar-refractivity contribution >= 4 is 17.5 Å². The number of hydrogen-bond acceptors (Lipinski definition) is 5. The number of phenols is 1. The van der Waals surface area contributed by atoms with Gasteiger partial charge in [-0.2, -0.15) is 5.10 Å². The predicted molar refractivity (Wildman–Crippen MR) is 156 cm³/mol. The van der Waals surface area contributed by atoms with Crippen LogP contribution in [-0.2, 0) is 6.54 Å². The van der Waals surface area contributed by atoms with Gasteiger partial charge in [0.1, 0.15) is 17.1 Å². The Labute approximate surface area is 239 Å². The van der Waals surface area contributed by atoms with E-state index in [1.807, 2.05) is 68.4 Å². The summed E-state index contributed by atoms with van der Waals surface area (Å²) in [7, 11) is 1.61. The Bertz CT molecular complexity index is 1550. The van der Waals surface area contributed by atoms with Gasteiger partial charge in [-0.3, -0.25) is 9.89 Å². The Morgan fingerprint density at radius 1 is 1.07 bits per heavy atom. The molecule has 8 heteroatoms. The van der Waals surface area contributed by atoms with Crippen molar-refractivity contribution in [3.05, 3.63) is 93.1 Å². The van der Waals surface area contributed by atoms with E-state index < -0.39 is 6.04 Å². The van der Waals surface area contributed by atoms with Crippen LogP contribution in [0.15, 0.2) is 54.6 Å². The summed E-state index contributed by atoms with van der Waals surface area (Å²) in [6.45, 7) is 6.88. The molecule has 5 rings (SSSR count). The van der Waals surface area contributed by atoms with E-state index in [1.165, 1.54) is 0 Å². The fraction of sp³-hybridized carbons (Fsp3) is 0.312. The highest BCUT2D eigenvalue weighted by atomic mass is 35.5. The van der Waals surface area contributed by atoms with Gasteiger partial charge in [0.05, 0.1) is 19.8 Å². The summed E-state index contributed by atoms with van der Waals surface area (Å²) < 4.78 is 11.7. The number of ether oxygens (including phenoxy) is 2. The van der Waals surface area contributed by atoms with E-state index in [4.69, 9.17) is 21.1 Å². The van der Waals surface area contributed by atoms with Gasteiger partial charge in [0.25, 0.3) is 5.91 Å². The first kappa shape index (κ1) is 27.6. The third kappa shape index (κ3) is 5.13. The van der Waals surface area contributed by atoms with Crippen molar-refractivity contribution in [2.75, 3.05) is 13.7 Å². The van der Waals surface area contributed by atoms with Crippen LogP contribution in [0.25, 0.3) is 11.3 Å². The van der Waals surface area contributed by atoms with Crippen molar-refractivity contribution in [1.82, 2.24) is 15.1 Å². The molecule has 40 heavy (non-hydrogen) atoms. The number of benzene rings is 3. The Morgan fingerprint density at radius 2 is 1.88 bits per heavy atom. The largest absolute Gasteiger partial charge is 0.507 e. The fourth-order valence-corrected chi connectivity index (χ4v) is 5.57. The van der Waals surface area contributed by atoms with E-state index in [1.54, 1.807) is 12.0 Å². The molecule has 1 aromatic heterocycles. The van der Waals surface area contributed by atoms with Gasteiger partial charge in [0.15, 0.2) is 11.5 Å². The van der Waals surface area contributed by atoms with Gasteiger partial charge in [0.2, 0.25) is 0 Å². The molecule has 0 fully saturated rings. The number of fused-ring (bicyclic) bond motifs is 1. The van der Waals surface area contributed by atoms with Crippen LogP contribution in [-0.4, -0.2) is 39.8 Å². The van der Waals surface area contributed by atoms with Crippen LogP contribution < -0.4 is 9.47 Å². The summed E-state index contributed by atoms with van der Waals surface area (Å²) in [4.78, 5) is 15.7. The lowest BCUT2D eigenvalue weighted by molar-refractivity contribution is 0.0730. The molecule has 3 aromatic carbocycles. The second-order valence-electron chi connectivity index (χ2n) is 10.2. The number of aromatic nitrogens is 2. The second-order valence-corrected chi connectivity index (χ2v) is 10.6. The normalized spacial score (nSPS) is 14.5. The van der Waals surface area contributed by atoms with E-state index in [0.717, 1.165) is 41.5 Å². The van der Waals surface area contributed by atoms with Gasteiger partial charge in [-0.05, 0) is 66.8 Å². The summed E-state index contributed by atoms with van der Waals surface area (Å²) in [5, 5.41) is 19.1. The highest BCUT2D eigenvalue weighted by Crippen LogP contribution is 2.47. The molecule has 1 atom stereocenters. The van der Waals surface area contributed by atoms with Crippen LogP contribution in [0.5, 0.6) is 17.2 Å². The van der Waals surface area contributed by atoms with E-state index in [2.05, 4.69) is 17.1 Å². The minimum atomic E-state index is -0.504. The van der Waals surface area contributed by atoms with Crippen LogP contribution >= 0.6 is 11.6 Å². The molecule has 0 aliphatic carbocycles. The Morgan fingerprint density at radius 3 is 2.62 bits per heavy atom. The number of halogens is 1. The maximum absolute atomic E-state index is 13.9. The quantitative estimate of drug-likeness (QED) is 0.198. The first-order chi connectivity index (χ1) is 19.3. The number of unbranched alkanes of at least 4 members (excludes halogenated alkanes) is 2. The van der Waals surface area contributed by atoms with E-state index in [0.29, 0.717) is 52.2 Å². The fourth-order valence-electron chi connectivity index (χ4n) is 5.37. The number of aromatic amines is 1. The van der Waals surface area contributed by atoms with Gasteiger partial charge < -0.3 is 19.5 Å². The first-order valence-electron chi connectivity index (χ1n) is 13.6. The number of nitrogens with zero attached hydrogens (tertiary/aromatic N) is 2. The number of rotatable bonds is 10. The van der Waals surface area contributed by atoms with E-state index in [9.17, 15) is 9.90 Å². The summed E-state index contributed by atoms with van der Waals surface area (Å²) >= 11 is 6.52. The van der Waals surface area contributed by atoms with Crippen LogP contribution in [0.2, 0.25) is 5.02 Å². The van der Waals surface area contributed by atoms with E-state index >= 15 is 0 Å². The minimum Gasteiger partial charge on any atom is -0.507 e. The zero-order valence-corrected chi connectivity index (χ0v) is 24.0. The predicted octanol–water partition coefficient (Wildman–Crippen LogP) is 7.38. The zero-order chi connectivity index (χ0) is 28.4. The number of nitrogens with one attached hydrogen (secondary N) is 1. The molecule has 0 radical (unpaired) electrons. The van der Waals surface area contributed by atoms with Gasteiger partial charge in [0, 0.05) is 22.7 Å². The van der Waals surface area contributed by atoms with E-state index in [-0.39, 0.29) is 11.7 Å². The lowest BCUT2D eigenvalue weighted by Gasteiger charge is -2.27. The smallest absolute Gasteiger partial charge is 0.273 e. The van der Waals surface area contributed by atoms with Crippen molar-refractivity contribution in [1.29, 1.82) is 0 Å². The van der Waals surface area contributed by atoms with Gasteiger partial charge in [-0.15, -0.1) is 0 Å². The molecule has 1 aliphatic heterocycles. The number of phenolic OH excluding ortho intramolecular Hbond substituents is 1. The number of aromatic hydroxyl groups is 1. The summed E-state index contributed by atoms with van der Waals surface area (Å²) in [6, 6.07) is 16.6. The highest BCUT2D eigenvalue weighted by molar-refractivity contribution is 6.31. The number of carbonyl (C=O) groups excluding carboxylic acids is 1. The molecule has 1 aliphatic rings. The molecule has 2 heterocycles. The number of carbonyl (C=O) groups is 1. The Balaban J connectivity index is 1.63. The van der Waals surface area contributed by atoms with Crippen molar-refractivity contribution in [2.24, 2.45) is 0 Å². The number of H-pyrrole nitrogens is 1. The third-order valence-electron chi connectivity index (χ3n) is 7.37. The van der Waals surface area contributed by atoms with Gasteiger partial charge in [-0.25, -0.2) is 0 Å². The summed E-state index contributed by atoms with van der Waals surface area (Å²) in [5.41, 5.74) is 5.62. The summed E-state index contributed by atoms with van der Waals surface area (Å²) in [6.07, 6.45) is 3.17. The molecule has 0 bridgehead atoms. The van der Waals surface area contributed by atoms with Crippen LogP contribution in [0.1, 0.15) is 70.5 Å². The molecule has 1 amide bonds. The monoisotopic (exact) mass is 559 g/mol. The van der Waals surface area contributed by atoms with Crippen molar-refractivity contribution in [3.8, 4) is 28.5 Å². The molecule has 1 unspecified atom stereocenters. The SMILES string of the molecule is CCCCCOc1ccc(C2c3c(-c4cc(C)cc(C)c4O)n[nH]c3C(=O)N2Cc2ccccc2Cl)cc1OC. The third-order valence-corrected chi connectivity index (χ3v) is 7.74. The number of aryl methyl sites for hydroxylation is 2. The topological polar surface area (TPSA) is 87.7 Å². The van der Waals surface area contributed by atoms with Crippen LogP contribution in [0.4, 0.5) is 0 Å².